The molecule has 2 aromatic carbocycles. The number of aromatic nitrogens is 1. The van der Waals surface area contributed by atoms with Gasteiger partial charge in [-0.15, -0.1) is 0 Å². The van der Waals surface area contributed by atoms with E-state index in [4.69, 9.17) is 0 Å². The molecule has 0 radical (unpaired) electrons. The van der Waals surface area contributed by atoms with Gasteiger partial charge in [0.2, 0.25) is 5.91 Å². The number of carbonyl (C=O) groups excluding carboxylic acids is 3. The summed E-state index contributed by atoms with van der Waals surface area (Å²) in [6.07, 6.45) is 2.59. The summed E-state index contributed by atoms with van der Waals surface area (Å²) in [5.41, 5.74) is 5.49. The molecule has 6 nitrogen and oxygen atoms in total. The summed E-state index contributed by atoms with van der Waals surface area (Å²) in [6.45, 7) is 5.67. The van der Waals surface area contributed by atoms with Crippen LogP contribution in [0.1, 0.15) is 29.4 Å². The zero-order valence-electron chi connectivity index (χ0n) is 19.1. The molecule has 1 aromatic heterocycles. The van der Waals surface area contributed by atoms with E-state index in [1.165, 1.54) is 29.8 Å². The second kappa shape index (κ2) is 9.69. The first-order chi connectivity index (χ1) is 16.3. The van der Waals surface area contributed by atoms with Crippen molar-refractivity contribution in [2.75, 3.05) is 11.9 Å². The van der Waals surface area contributed by atoms with E-state index in [1.54, 1.807) is 6.08 Å². The molecule has 0 spiro atoms. The Morgan fingerprint density at radius 1 is 1.09 bits per heavy atom. The second-order valence-electron chi connectivity index (χ2n) is 7.97. The Kier molecular flexibility index (Phi) is 6.70. The van der Waals surface area contributed by atoms with Crippen LogP contribution in [-0.4, -0.2) is 33.1 Å². The van der Waals surface area contributed by atoms with Gasteiger partial charge in [0.15, 0.2) is 0 Å². The van der Waals surface area contributed by atoms with Crippen LogP contribution in [0.3, 0.4) is 0 Å². The molecule has 1 saturated heterocycles. The van der Waals surface area contributed by atoms with E-state index in [9.17, 15) is 18.8 Å². The molecule has 1 aliphatic rings. The van der Waals surface area contributed by atoms with Crippen LogP contribution in [0.15, 0.2) is 59.5 Å². The molecule has 34 heavy (non-hydrogen) atoms. The highest BCUT2D eigenvalue weighted by atomic mass is 32.2. The second-order valence-corrected chi connectivity index (χ2v) is 8.96. The number of aryl methyl sites for hydroxylation is 2. The Hall–Kier alpha value is -3.65. The third-order valence-electron chi connectivity index (χ3n) is 5.67. The summed E-state index contributed by atoms with van der Waals surface area (Å²) in [5, 5.41) is 2.06. The number of anilines is 1. The number of amides is 3. The summed E-state index contributed by atoms with van der Waals surface area (Å²) in [6, 6.07) is 15.4. The van der Waals surface area contributed by atoms with Crippen LogP contribution in [0.25, 0.3) is 11.8 Å². The maximum atomic E-state index is 13.0. The number of para-hydroxylation sites is 1. The average molecular weight is 478 g/mol. The molecule has 0 saturated carbocycles. The van der Waals surface area contributed by atoms with Gasteiger partial charge < -0.3 is 9.88 Å². The van der Waals surface area contributed by atoms with Gasteiger partial charge >= 0.3 is 0 Å². The predicted molar refractivity (Wildman–Crippen MR) is 132 cm³/mol. The monoisotopic (exact) mass is 477 g/mol. The number of thioether (sulfide) groups is 1. The van der Waals surface area contributed by atoms with E-state index in [0.29, 0.717) is 5.69 Å². The summed E-state index contributed by atoms with van der Waals surface area (Å²) in [7, 11) is 0. The molecule has 0 atom stereocenters. The van der Waals surface area contributed by atoms with E-state index < -0.39 is 29.4 Å². The third kappa shape index (κ3) is 4.68. The maximum absolute atomic E-state index is 13.0. The van der Waals surface area contributed by atoms with Crippen LogP contribution in [0, 0.1) is 19.7 Å². The molecule has 3 amide bonds. The fraction of sp³-hybridized carbons (Fsp3) is 0.192. The minimum atomic E-state index is -0.537. The summed E-state index contributed by atoms with van der Waals surface area (Å²) >= 11 is 0.814. The molecule has 0 bridgehead atoms. The molecule has 1 fully saturated rings. The van der Waals surface area contributed by atoms with Crippen LogP contribution in [0.2, 0.25) is 0 Å². The lowest BCUT2D eigenvalue weighted by Gasteiger charge is -2.14. The number of imide groups is 1. The van der Waals surface area contributed by atoms with Gasteiger partial charge in [0, 0.05) is 22.8 Å². The fourth-order valence-electron chi connectivity index (χ4n) is 3.99. The quantitative estimate of drug-likeness (QED) is 0.478. The molecule has 4 rings (SSSR count). The van der Waals surface area contributed by atoms with Crippen LogP contribution in [0.5, 0.6) is 0 Å². The molecule has 8 heteroatoms. The van der Waals surface area contributed by atoms with Crippen molar-refractivity contribution in [1.82, 2.24) is 9.47 Å². The van der Waals surface area contributed by atoms with Gasteiger partial charge in [-0.05, 0) is 85.6 Å². The van der Waals surface area contributed by atoms with E-state index >= 15 is 0 Å². The number of benzene rings is 2. The smallest absolute Gasteiger partial charge is 0.294 e. The van der Waals surface area contributed by atoms with Crippen molar-refractivity contribution in [2.45, 2.75) is 27.2 Å². The zero-order chi connectivity index (χ0) is 24.4. The van der Waals surface area contributed by atoms with Gasteiger partial charge in [-0.1, -0.05) is 25.1 Å². The van der Waals surface area contributed by atoms with Gasteiger partial charge in [-0.3, -0.25) is 19.3 Å². The zero-order valence-corrected chi connectivity index (χ0v) is 19.9. The SMILES string of the molecule is CCc1ccccc1-n1c(C)cc(/C=C2\SC(=O)N(CC(=O)Nc3ccc(F)cc3)C2=O)c1C. The molecule has 0 aliphatic carbocycles. The Morgan fingerprint density at radius 3 is 2.50 bits per heavy atom. The van der Waals surface area contributed by atoms with Crippen LogP contribution >= 0.6 is 11.8 Å². The van der Waals surface area contributed by atoms with Crippen molar-refractivity contribution in [1.29, 1.82) is 0 Å². The molecular weight excluding hydrogens is 453 g/mol. The normalized spacial score (nSPS) is 14.8. The Morgan fingerprint density at radius 2 is 1.79 bits per heavy atom. The molecule has 174 valence electrons. The first-order valence-electron chi connectivity index (χ1n) is 10.9. The van der Waals surface area contributed by atoms with E-state index in [2.05, 4.69) is 28.9 Å². The first kappa shape index (κ1) is 23.5. The standard InChI is InChI=1S/C26H24FN3O3S/c1-4-18-7-5-6-8-22(18)30-16(2)13-19(17(30)3)14-23-25(32)29(26(33)34-23)15-24(31)28-21-11-9-20(27)10-12-21/h5-14H,4,15H2,1-3H3,(H,28,31)/b23-14-. The minimum Gasteiger partial charge on any atom is -0.325 e. The topological polar surface area (TPSA) is 71.4 Å². The third-order valence-corrected chi connectivity index (χ3v) is 6.58. The molecule has 1 aliphatic heterocycles. The Bertz CT molecular complexity index is 1310. The van der Waals surface area contributed by atoms with Crippen molar-refractivity contribution in [3.8, 4) is 5.69 Å². The predicted octanol–water partition coefficient (Wildman–Crippen LogP) is 5.47. The average Bonchev–Trinajstić information content (AvgIpc) is 3.24. The molecule has 1 N–H and O–H groups in total. The lowest BCUT2D eigenvalue weighted by atomic mass is 10.1. The van der Waals surface area contributed by atoms with E-state index in [1.807, 2.05) is 32.0 Å². The van der Waals surface area contributed by atoms with Crippen LogP contribution < -0.4 is 5.32 Å². The summed E-state index contributed by atoms with van der Waals surface area (Å²) < 4.78 is 15.2. The van der Waals surface area contributed by atoms with Crippen molar-refractivity contribution in [3.05, 3.63) is 87.8 Å². The lowest BCUT2D eigenvalue weighted by molar-refractivity contribution is -0.127. The lowest BCUT2D eigenvalue weighted by Crippen LogP contribution is -2.36. The minimum absolute atomic E-state index is 0.267. The van der Waals surface area contributed by atoms with Gasteiger partial charge in [-0.25, -0.2) is 4.39 Å². The summed E-state index contributed by atoms with van der Waals surface area (Å²) in [5.74, 6) is -1.47. The number of rotatable bonds is 6. The van der Waals surface area contributed by atoms with Crippen molar-refractivity contribution in [2.24, 2.45) is 0 Å². The van der Waals surface area contributed by atoms with Gasteiger partial charge in [-0.2, -0.15) is 0 Å². The van der Waals surface area contributed by atoms with Crippen molar-refractivity contribution >= 4 is 40.6 Å². The maximum Gasteiger partial charge on any atom is 0.294 e. The van der Waals surface area contributed by atoms with Crippen molar-refractivity contribution in [3.63, 3.8) is 0 Å². The highest BCUT2D eigenvalue weighted by molar-refractivity contribution is 8.18. The number of nitrogens with one attached hydrogen (secondary N) is 1. The Balaban J connectivity index is 1.54. The highest BCUT2D eigenvalue weighted by Gasteiger charge is 2.36. The molecule has 3 aromatic rings. The van der Waals surface area contributed by atoms with E-state index in [0.717, 1.165) is 45.7 Å². The number of carbonyl (C=O) groups is 3. The Labute approximate surface area is 201 Å². The van der Waals surface area contributed by atoms with Gasteiger partial charge in [0.1, 0.15) is 12.4 Å². The number of hydrogen-bond donors (Lipinski definition) is 1. The highest BCUT2D eigenvalue weighted by Crippen LogP contribution is 2.34. The van der Waals surface area contributed by atoms with Crippen LogP contribution in [-0.2, 0) is 16.0 Å². The van der Waals surface area contributed by atoms with Gasteiger partial charge in [0.25, 0.3) is 11.1 Å². The largest absolute Gasteiger partial charge is 0.325 e. The first-order valence-corrected chi connectivity index (χ1v) is 11.7. The molecule has 2 heterocycles. The number of hydrogen-bond acceptors (Lipinski definition) is 4. The summed E-state index contributed by atoms with van der Waals surface area (Å²) in [4.78, 5) is 38.9. The molecule has 0 unspecified atom stereocenters. The van der Waals surface area contributed by atoms with Gasteiger partial charge in [0.05, 0.1) is 4.91 Å². The van der Waals surface area contributed by atoms with Crippen molar-refractivity contribution < 1.29 is 18.8 Å². The molecular formula is C26H24FN3O3S. The van der Waals surface area contributed by atoms with E-state index in [-0.39, 0.29) is 4.91 Å². The number of halogens is 1. The fourth-order valence-corrected chi connectivity index (χ4v) is 4.82. The number of nitrogens with zero attached hydrogens (tertiary/aromatic N) is 2. The van der Waals surface area contributed by atoms with Crippen LogP contribution in [0.4, 0.5) is 14.9 Å².